The van der Waals surface area contributed by atoms with Crippen molar-refractivity contribution in [3.63, 3.8) is 0 Å². The first-order valence-electron chi connectivity index (χ1n) is 11.9. The smallest absolute Gasteiger partial charge is 0.215 e. The number of fused-ring (bicyclic) bond motifs is 1. The Morgan fingerprint density at radius 2 is 1.68 bits per heavy atom. The van der Waals surface area contributed by atoms with Crippen LogP contribution in [0.25, 0.3) is 10.8 Å². The van der Waals surface area contributed by atoms with E-state index in [2.05, 4.69) is 49.6 Å². The number of hydrogen-bond acceptors (Lipinski definition) is 8. The quantitative estimate of drug-likeness (QED) is 0.408. The van der Waals surface area contributed by atoms with Crippen molar-refractivity contribution in [2.45, 2.75) is 0 Å². The Bertz CT molecular complexity index is 1110. The first kappa shape index (κ1) is 22.6. The van der Waals surface area contributed by atoms with Crippen molar-refractivity contribution >= 4 is 28.4 Å². The van der Waals surface area contributed by atoms with Crippen LogP contribution in [0.4, 0.5) is 11.4 Å². The SMILES string of the molecule is C(=N/Nc1ccc2ccccc2c1)/c1cc(N2CCOCC2)cc(OCCN2CCOCC2)n1. The fraction of sp³-hybridized carbons (Fsp3) is 0.385. The Hall–Kier alpha value is -3.20. The Kier molecular flexibility index (Phi) is 7.50. The third kappa shape index (κ3) is 6.02. The molecule has 0 bridgehead atoms. The van der Waals surface area contributed by atoms with Gasteiger partial charge in [0, 0.05) is 44.5 Å². The number of rotatable bonds is 8. The summed E-state index contributed by atoms with van der Waals surface area (Å²) in [6.07, 6.45) is 1.74. The highest BCUT2D eigenvalue weighted by molar-refractivity contribution is 5.86. The van der Waals surface area contributed by atoms with Gasteiger partial charge in [-0.25, -0.2) is 4.98 Å². The van der Waals surface area contributed by atoms with Crippen molar-refractivity contribution in [2.24, 2.45) is 5.10 Å². The van der Waals surface area contributed by atoms with E-state index in [1.54, 1.807) is 6.21 Å². The standard InChI is InChI=1S/C26H31N5O3/c1-2-4-22-17-23(6-5-21(22)3-1)29-27-20-24-18-25(31-10-14-33-15-11-31)19-26(28-24)34-16-9-30-7-12-32-13-8-30/h1-6,17-20,29H,7-16H2/b27-20-. The number of hydrogen-bond donors (Lipinski definition) is 1. The number of nitrogens with zero attached hydrogens (tertiary/aromatic N) is 4. The molecule has 0 unspecified atom stereocenters. The highest BCUT2D eigenvalue weighted by Crippen LogP contribution is 2.22. The average molecular weight is 462 g/mol. The largest absolute Gasteiger partial charge is 0.476 e. The summed E-state index contributed by atoms with van der Waals surface area (Å²) in [4.78, 5) is 9.33. The molecule has 3 heterocycles. The molecule has 1 N–H and O–H groups in total. The van der Waals surface area contributed by atoms with Crippen LogP contribution in [0.15, 0.2) is 59.7 Å². The first-order chi connectivity index (χ1) is 16.8. The van der Waals surface area contributed by atoms with Gasteiger partial charge in [-0.3, -0.25) is 10.3 Å². The van der Waals surface area contributed by atoms with E-state index in [-0.39, 0.29) is 0 Å². The number of ether oxygens (including phenoxy) is 3. The summed E-state index contributed by atoms with van der Waals surface area (Å²) in [6.45, 7) is 8.07. The summed E-state index contributed by atoms with van der Waals surface area (Å²) in [5.74, 6) is 0.615. The van der Waals surface area contributed by atoms with E-state index in [9.17, 15) is 0 Å². The summed E-state index contributed by atoms with van der Waals surface area (Å²) in [6, 6.07) is 18.5. The summed E-state index contributed by atoms with van der Waals surface area (Å²) < 4.78 is 17.0. The van der Waals surface area contributed by atoms with Gasteiger partial charge >= 0.3 is 0 Å². The lowest BCUT2D eigenvalue weighted by atomic mass is 10.1. The topological polar surface area (TPSA) is 71.5 Å². The van der Waals surface area contributed by atoms with E-state index in [0.717, 1.165) is 76.2 Å². The molecule has 3 aromatic rings. The maximum absolute atomic E-state index is 6.06. The van der Waals surface area contributed by atoms with Crippen LogP contribution < -0.4 is 15.1 Å². The Morgan fingerprint density at radius 3 is 2.50 bits per heavy atom. The number of benzene rings is 2. The molecule has 2 aliphatic heterocycles. The normalized spacial score (nSPS) is 17.4. The number of hydrazone groups is 1. The van der Waals surface area contributed by atoms with Gasteiger partial charge in [0.1, 0.15) is 6.61 Å². The number of aromatic nitrogens is 1. The number of morpholine rings is 2. The molecule has 0 spiro atoms. The summed E-state index contributed by atoms with van der Waals surface area (Å²) >= 11 is 0. The zero-order chi connectivity index (χ0) is 23.0. The highest BCUT2D eigenvalue weighted by Gasteiger charge is 2.15. The van der Waals surface area contributed by atoms with Crippen LogP contribution in [0.5, 0.6) is 5.88 Å². The van der Waals surface area contributed by atoms with Crippen molar-refractivity contribution in [2.75, 3.05) is 76.1 Å². The fourth-order valence-electron chi connectivity index (χ4n) is 4.19. The lowest BCUT2D eigenvalue weighted by Gasteiger charge is -2.29. The first-order valence-corrected chi connectivity index (χ1v) is 11.9. The molecule has 34 heavy (non-hydrogen) atoms. The van der Waals surface area contributed by atoms with E-state index < -0.39 is 0 Å². The number of pyridine rings is 1. The average Bonchev–Trinajstić information content (AvgIpc) is 2.90. The van der Waals surface area contributed by atoms with E-state index in [1.165, 1.54) is 10.8 Å². The van der Waals surface area contributed by atoms with E-state index >= 15 is 0 Å². The molecular formula is C26H31N5O3. The van der Waals surface area contributed by atoms with Crippen molar-refractivity contribution in [1.82, 2.24) is 9.88 Å². The predicted octanol–water partition coefficient (Wildman–Crippen LogP) is 3.23. The summed E-state index contributed by atoms with van der Waals surface area (Å²) in [5, 5.41) is 6.82. The molecule has 0 atom stereocenters. The molecular weight excluding hydrogens is 430 g/mol. The maximum atomic E-state index is 6.06. The van der Waals surface area contributed by atoms with Crippen molar-refractivity contribution in [3.8, 4) is 5.88 Å². The molecule has 1 aromatic heterocycles. The van der Waals surface area contributed by atoms with E-state index in [0.29, 0.717) is 12.5 Å². The van der Waals surface area contributed by atoms with E-state index in [4.69, 9.17) is 14.2 Å². The summed E-state index contributed by atoms with van der Waals surface area (Å²) in [5.41, 5.74) is 5.88. The molecule has 5 rings (SSSR count). The Labute approximate surface area is 200 Å². The second-order valence-electron chi connectivity index (χ2n) is 8.42. The van der Waals surface area contributed by atoms with Crippen LogP contribution in [0.2, 0.25) is 0 Å². The molecule has 8 nitrogen and oxygen atoms in total. The molecule has 0 amide bonds. The van der Waals surface area contributed by atoms with Crippen molar-refractivity contribution in [3.05, 3.63) is 60.3 Å². The third-order valence-corrected chi connectivity index (χ3v) is 6.08. The van der Waals surface area contributed by atoms with Gasteiger partial charge in [0.2, 0.25) is 5.88 Å². The van der Waals surface area contributed by atoms with Crippen molar-refractivity contribution in [1.29, 1.82) is 0 Å². The molecule has 2 aromatic carbocycles. The molecule has 2 aliphatic rings. The minimum atomic E-state index is 0.589. The van der Waals surface area contributed by atoms with Crippen molar-refractivity contribution < 1.29 is 14.2 Å². The monoisotopic (exact) mass is 461 g/mol. The van der Waals surface area contributed by atoms with Gasteiger partial charge in [-0.05, 0) is 29.0 Å². The second-order valence-corrected chi connectivity index (χ2v) is 8.42. The minimum absolute atomic E-state index is 0.589. The Morgan fingerprint density at radius 1 is 0.912 bits per heavy atom. The van der Waals surface area contributed by atoms with E-state index in [1.807, 2.05) is 30.3 Å². The third-order valence-electron chi connectivity index (χ3n) is 6.08. The molecule has 0 aliphatic carbocycles. The molecule has 2 fully saturated rings. The fourth-order valence-corrected chi connectivity index (χ4v) is 4.19. The van der Waals surface area contributed by atoms with Gasteiger partial charge in [0.05, 0.1) is 44.0 Å². The lowest BCUT2D eigenvalue weighted by Crippen LogP contribution is -2.38. The van der Waals surface area contributed by atoms with Gasteiger partial charge < -0.3 is 19.1 Å². The van der Waals surface area contributed by atoms with Gasteiger partial charge in [-0.15, -0.1) is 0 Å². The van der Waals surface area contributed by atoms with Gasteiger partial charge in [0.25, 0.3) is 0 Å². The van der Waals surface area contributed by atoms with Crippen LogP contribution in [0, 0.1) is 0 Å². The molecule has 178 valence electrons. The number of nitrogens with one attached hydrogen (secondary N) is 1. The molecule has 0 radical (unpaired) electrons. The molecule has 2 saturated heterocycles. The molecule has 0 saturated carbocycles. The lowest BCUT2D eigenvalue weighted by molar-refractivity contribution is 0.0320. The molecule has 8 heteroatoms. The Balaban J connectivity index is 1.28. The number of anilines is 2. The van der Waals surface area contributed by atoms with Crippen LogP contribution in [0.1, 0.15) is 5.69 Å². The van der Waals surface area contributed by atoms with Crippen LogP contribution in [-0.4, -0.2) is 81.9 Å². The van der Waals surface area contributed by atoms with Crippen LogP contribution >= 0.6 is 0 Å². The zero-order valence-electron chi connectivity index (χ0n) is 19.4. The van der Waals surface area contributed by atoms with Crippen LogP contribution in [-0.2, 0) is 9.47 Å². The van der Waals surface area contributed by atoms with Gasteiger partial charge in [0.15, 0.2) is 0 Å². The maximum Gasteiger partial charge on any atom is 0.215 e. The second kappa shape index (κ2) is 11.3. The highest BCUT2D eigenvalue weighted by atomic mass is 16.5. The predicted molar refractivity (Wildman–Crippen MR) is 135 cm³/mol. The van der Waals surface area contributed by atoms with Gasteiger partial charge in [-0.1, -0.05) is 30.3 Å². The van der Waals surface area contributed by atoms with Crippen LogP contribution in [0.3, 0.4) is 0 Å². The van der Waals surface area contributed by atoms with Gasteiger partial charge in [-0.2, -0.15) is 5.10 Å². The summed E-state index contributed by atoms with van der Waals surface area (Å²) in [7, 11) is 0. The zero-order valence-corrected chi connectivity index (χ0v) is 19.4. The minimum Gasteiger partial charge on any atom is -0.476 e.